The molecule has 4 nitrogen and oxygen atoms in total. The van der Waals surface area contributed by atoms with E-state index in [0.717, 1.165) is 17.7 Å². The minimum absolute atomic E-state index is 0.202. The molecular formula is C13H16FN3OS. The highest BCUT2D eigenvalue weighted by Gasteiger charge is 2.09. The summed E-state index contributed by atoms with van der Waals surface area (Å²) in [5.41, 5.74) is 6.54. The maximum absolute atomic E-state index is 12.8. The van der Waals surface area contributed by atoms with Crippen molar-refractivity contribution >= 4 is 11.8 Å². The number of hydrogen-bond acceptors (Lipinski definition) is 5. The molecule has 102 valence electrons. The molecule has 6 heteroatoms. The Kier molecular flexibility index (Phi) is 4.93. The van der Waals surface area contributed by atoms with Crippen molar-refractivity contribution < 1.29 is 8.91 Å². The molecule has 0 amide bonds. The van der Waals surface area contributed by atoms with Crippen LogP contribution in [-0.4, -0.2) is 21.9 Å². The van der Waals surface area contributed by atoms with Crippen LogP contribution >= 0.6 is 11.8 Å². The lowest BCUT2D eigenvalue weighted by molar-refractivity contribution is 0.425. The van der Waals surface area contributed by atoms with Crippen LogP contribution in [0.15, 0.2) is 28.8 Å². The zero-order valence-corrected chi connectivity index (χ0v) is 11.5. The highest BCUT2D eigenvalue weighted by Crippen LogP contribution is 2.19. The first kappa shape index (κ1) is 14.0. The molecule has 2 rings (SSSR count). The zero-order chi connectivity index (χ0) is 13.7. The van der Waals surface area contributed by atoms with Gasteiger partial charge in [-0.2, -0.15) is 16.7 Å². The van der Waals surface area contributed by atoms with Gasteiger partial charge in [0.25, 0.3) is 5.89 Å². The molecule has 2 N–H and O–H groups in total. The van der Waals surface area contributed by atoms with E-state index >= 15 is 0 Å². The fraction of sp³-hybridized carbons (Fsp3) is 0.385. The molecule has 0 aliphatic rings. The lowest BCUT2D eigenvalue weighted by Gasteiger charge is -2.05. The van der Waals surface area contributed by atoms with Crippen molar-refractivity contribution in [2.45, 2.75) is 25.1 Å². The molecule has 0 aliphatic heterocycles. The molecule has 0 bridgehead atoms. The molecule has 1 unspecified atom stereocenters. The summed E-state index contributed by atoms with van der Waals surface area (Å²) in [4.78, 5) is 4.27. The van der Waals surface area contributed by atoms with Crippen LogP contribution in [0.4, 0.5) is 4.39 Å². The van der Waals surface area contributed by atoms with Gasteiger partial charge in [-0.1, -0.05) is 12.1 Å². The summed E-state index contributed by atoms with van der Waals surface area (Å²) < 4.78 is 17.9. The van der Waals surface area contributed by atoms with Gasteiger partial charge in [0.05, 0.1) is 5.75 Å². The standard InChI is InChI=1S/C13H16FN3OS/c1-2-11(15)7-19-8-12-16-13(18-17-12)9-3-5-10(14)6-4-9/h3-6,11H,2,7-8,15H2,1H3. The predicted molar refractivity (Wildman–Crippen MR) is 74.1 cm³/mol. The van der Waals surface area contributed by atoms with Gasteiger partial charge in [0, 0.05) is 17.4 Å². The highest BCUT2D eigenvalue weighted by atomic mass is 32.2. The Bertz CT molecular complexity index is 515. The van der Waals surface area contributed by atoms with Crippen LogP contribution in [0.25, 0.3) is 11.5 Å². The first-order valence-corrected chi connectivity index (χ1v) is 7.26. The van der Waals surface area contributed by atoms with E-state index in [-0.39, 0.29) is 11.9 Å². The van der Waals surface area contributed by atoms with Crippen molar-refractivity contribution in [2.24, 2.45) is 5.73 Å². The minimum Gasteiger partial charge on any atom is -0.334 e. The van der Waals surface area contributed by atoms with E-state index in [0.29, 0.717) is 17.5 Å². The molecule has 1 aromatic heterocycles. The zero-order valence-electron chi connectivity index (χ0n) is 10.7. The van der Waals surface area contributed by atoms with Crippen LogP contribution in [0.1, 0.15) is 19.2 Å². The number of thioether (sulfide) groups is 1. The number of rotatable bonds is 6. The highest BCUT2D eigenvalue weighted by molar-refractivity contribution is 7.98. The smallest absolute Gasteiger partial charge is 0.257 e. The normalized spacial score (nSPS) is 12.6. The Labute approximate surface area is 115 Å². The Morgan fingerprint density at radius 3 is 2.79 bits per heavy atom. The molecule has 2 aromatic rings. The molecule has 0 spiro atoms. The van der Waals surface area contributed by atoms with E-state index in [1.54, 1.807) is 23.9 Å². The molecule has 0 fully saturated rings. The summed E-state index contributed by atoms with van der Waals surface area (Å²) >= 11 is 1.68. The van der Waals surface area contributed by atoms with Crippen molar-refractivity contribution in [3.05, 3.63) is 35.9 Å². The fourth-order valence-corrected chi connectivity index (χ4v) is 2.40. The summed E-state index contributed by atoms with van der Waals surface area (Å²) in [7, 11) is 0. The average molecular weight is 281 g/mol. The predicted octanol–water partition coefficient (Wildman–Crippen LogP) is 2.85. The number of nitrogens with zero attached hydrogens (tertiary/aromatic N) is 2. The molecule has 0 radical (unpaired) electrons. The Morgan fingerprint density at radius 1 is 1.37 bits per heavy atom. The lowest BCUT2D eigenvalue weighted by atomic mass is 10.2. The largest absolute Gasteiger partial charge is 0.334 e. The third kappa shape index (κ3) is 4.04. The summed E-state index contributed by atoms with van der Waals surface area (Å²) in [5.74, 6) is 2.30. The van der Waals surface area contributed by atoms with Crippen LogP contribution in [0.5, 0.6) is 0 Å². The number of hydrogen-bond donors (Lipinski definition) is 1. The first-order chi connectivity index (χ1) is 9.19. The fourth-order valence-electron chi connectivity index (χ4n) is 1.44. The SMILES string of the molecule is CCC(N)CSCc1noc(-c2ccc(F)cc2)n1. The van der Waals surface area contributed by atoms with Gasteiger partial charge < -0.3 is 10.3 Å². The van der Waals surface area contributed by atoms with Gasteiger partial charge in [0.2, 0.25) is 0 Å². The molecule has 1 aromatic carbocycles. The quantitative estimate of drug-likeness (QED) is 0.882. The van der Waals surface area contributed by atoms with Crippen molar-refractivity contribution in [1.29, 1.82) is 0 Å². The van der Waals surface area contributed by atoms with E-state index in [1.165, 1.54) is 12.1 Å². The van der Waals surface area contributed by atoms with Crippen molar-refractivity contribution in [3.63, 3.8) is 0 Å². The second kappa shape index (κ2) is 6.68. The van der Waals surface area contributed by atoms with E-state index in [9.17, 15) is 4.39 Å². The molecule has 0 aliphatic carbocycles. The van der Waals surface area contributed by atoms with Gasteiger partial charge >= 0.3 is 0 Å². The second-order valence-corrected chi connectivity index (χ2v) is 5.24. The van der Waals surface area contributed by atoms with E-state index < -0.39 is 0 Å². The van der Waals surface area contributed by atoms with Crippen LogP contribution in [-0.2, 0) is 5.75 Å². The minimum atomic E-state index is -0.285. The van der Waals surface area contributed by atoms with Gasteiger partial charge in [-0.15, -0.1) is 0 Å². The maximum atomic E-state index is 12.8. The molecular weight excluding hydrogens is 265 g/mol. The van der Waals surface area contributed by atoms with Crippen molar-refractivity contribution in [1.82, 2.24) is 10.1 Å². The summed E-state index contributed by atoms with van der Waals surface area (Å²) in [6.45, 7) is 2.06. The van der Waals surface area contributed by atoms with Gasteiger partial charge in [0.15, 0.2) is 5.82 Å². The van der Waals surface area contributed by atoms with Crippen LogP contribution in [0.3, 0.4) is 0 Å². The van der Waals surface area contributed by atoms with Crippen LogP contribution in [0, 0.1) is 5.82 Å². The number of halogens is 1. The summed E-state index contributed by atoms with van der Waals surface area (Å²) in [6, 6.07) is 6.18. The number of benzene rings is 1. The molecule has 0 saturated heterocycles. The lowest BCUT2D eigenvalue weighted by Crippen LogP contribution is -2.21. The number of nitrogens with two attached hydrogens (primary N) is 1. The average Bonchev–Trinajstić information content (AvgIpc) is 2.88. The molecule has 1 heterocycles. The van der Waals surface area contributed by atoms with Gasteiger partial charge in [-0.05, 0) is 30.7 Å². The second-order valence-electron chi connectivity index (χ2n) is 4.21. The summed E-state index contributed by atoms with van der Waals surface area (Å²) in [5, 5.41) is 3.90. The Balaban J connectivity index is 1.93. The first-order valence-electron chi connectivity index (χ1n) is 6.11. The van der Waals surface area contributed by atoms with Crippen molar-refractivity contribution in [3.8, 4) is 11.5 Å². The van der Waals surface area contributed by atoms with Crippen LogP contribution in [0.2, 0.25) is 0 Å². The van der Waals surface area contributed by atoms with E-state index in [2.05, 4.69) is 17.1 Å². The van der Waals surface area contributed by atoms with Gasteiger partial charge in [0.1, 0.15) is 5.82 Å². The van der Waals surface area contributed by atoms with E-state index in [1.807, 2.05) is 0 Å². The van der Waals surface area contributed by atoms with Crippen LogP contribution < -0.4 is 5.73 Å². The number of aromatic nitrogens is 2. The Hall–Kier alpha value is -1.40. The third-order valence-electron chi connectivity index (χ3n) is 2.65. The maximum Gasteiger partial charge on any atom is 0.257 e. The Morgan fingerprint density at radius 2 is 2.11 bits per heavy atom. The van der Waals surface area contributed by atoms with Gasteiger partial charge in [-0.25, -0.2) is 4.39 Å². The topological polar surface area (TPSA) is 64.9 Å². The molecule has 0 saturated carbocycles. The van der Waals surface area contributed by atoms with E-state index in [4.69, 9.17) is 10.3 Å². The van der Waals surface area contributed by atoms with Gasteiger partial charge in [-0.3, -0.25) is 0 Å². The molecule has 19 heavy (non-hydrogen) atoms. The molecule has 1 atom stereocenters. The summed E-state index contributed by atoms with van der Waals surface area (Å²) in [6.07, 6.45) is 0.958. The monoisotopic (exact) mass is 281 g/mol. The third-order valence-corrected chi connectivity index (χ3v) is 3.77. The van der Waals surface area contributed by atoms with Crippen molar-refractivity contribution in [2.75, 3.05) is 5.75 Å².